The molecule has 0 fully saturated rings. The molecule has 0 spiro atoms. The van der Waals surface area contributed by atoms with E-state index in [1.165, 1.54) is 18.5 Å². The van der Waals surface area contributed by atoms with Gasteiger partial charge in [0.2, 0.25) is 0 Å². The third-order valence-electron chi connectivity index (χ3n) is 3.80. The quantitative estimate of drug-likeness (QED) is 0.864. The molecule has 0 unspecified atom stereocenters. The van der Waals surface area contributed by atoms with Gasteiger partial charge >= 0.3 is 0 Å². The molecule has 2 aromatic heterocycles. The summed E-state index contributed by atoms with van der Waals surface area (Å²) < 4.78 is 29.3. The van der Waals surface area contributed by atoms with Crippen LogP contribution in [0.15, 0.2) is 23.4 Å². The van der Waals surface area contributed by atoms with Crippen LogP contribution in [0, 0.1) is 6.92 Å². The van der Waals surface area contributed by atoms with Crippen LogP contribution in [0.25, 0.3) is 0 Å². The van der Waals surface area contributed by atoms with Crippen molar-refractivity contribution >= 4 is 21.6 Å². The van der Waals surface area contributed by atoms with E-state index >= 15 is 0 Å². The van der Waals surface area contributed by atoms with Crippen LogP contribution in [0.4, 0.5) is 5.69 Å². The molecule has 3 heterocycles. The van der Waals surface area contributed by atoms with Gasteiger partial charge in [-0.25, -0.2) is 8.42 Å². The van der Waals surface area contributed by atoms with Gasteiger partial charge in [-0.15, -0.1) is 0 Å². The van der Waals surface area contributed by atoms with Gasteiger partial charge in [-0.2, -0.15) is 5.10 Å². The van der Waals surface area contributed by atoms with Gasteiger partial charge in [-0.3, -0.25) is 19.2 Å². The van der Waals surface area contributed by atoms with Crippen molar-refractivity contribution in [3.8, 4) is 0 Å². The maximum absolute atomic E-state index is 12.6. The van der Waals surface area contributed by atoms with Crippen LogP contribution < -0.4 is 10.0 Å². The van der Waals surface area contributed by atoms with E-state index in [0.29, 0.717) is 29.9 Å². The zero-order chi connectivity index (χ0) is 17.5. The minimum atomic E-state index is -3.81. The number of fused-ring (bicyclic) bond motifs is 1. The molecular weight excluding hydrogens is 330 g/mol. The number of nitrogens with one attached hydrogen (secondary N) is 2. The molecule has 0 radical (unpaired) electrons. The fourth-order valence-corrected chi connectivity index (χ4v) is 3.75. The lowest BCUT2D eigenvalue weighted by Gasteiger charge is -2.16. The van der Waals surface area contributed by atoms with Gasteiger partial charge in [0.15, 0.2) is 0 Å². The number of aromatic nitrogens is 3. The first kappa shape index (κ1) is 16.4. The van der Waals surface area contributed by atoms with E-state index in [1.54, 1.807) is 11.6 Å². The number of hydrogen-bond acceptors (Lipinski definition) is 5. The second kappa shape index (κ2) is 5.90. The summed E-state index contributed by atoms with van der Waals surface area (Å²) >= 11 is 0. The van der Waals surface area contributed by atoms with E-state index in [4.69, 9.17) is 0 Å². The van der Waals surface area contributed by atoms with Crippen LogP contribution in [0.3, 0.4) is 0 Å². The highest BCUT2D eigenvalue weighted by Crippen LogP contribution is 2.22. The van der Waals surface area contributed by atoms with Gasteiger partial charge in [-0.05, 0) is 26.8 Å². The third-order valence-corrected chi connectivity index (χ3v) is 5.29. The number of carbonyl (C=O) groups excluding carboxylic acids is 1. The van der Waals surface area contributed by atoms with Crippen molar-refractivity contribution < 1.29 is 13.2 Å². The summed E-state index contributed by atoms with van der Waals surface area (Å²) in [6.45, 7) is 6.02. The maximum Gasteiger partial charge on any atom is 0.265 e. The second-order valence-electron chi connectivity index (χ2n) is 5.98. The molecule has 0 aromatic carbocycles. The SMILES string of the molecule is Cc1nn(C(C)C)cc1S(=O)(=O)Nc1cnc2c(c1)C(=O)NCC2. The van der Waals surface area contributed by atoms with Crippen LogP contribution in [0.5, 0.6) is 0 Å². The Labute approximate surface area is 140 Å². The summed E-state index contributed by atoms with van der Waals surface area (Å²) in [7, 11) is -3.81. The Morgan fingerprint density at radius 2 is 2.12 bits per heavy atom. The van der Waals surface area contributed by atoms with Crippen molar-refractivity contribution in [2.75, 3.05) is 11.3 Å². The van der Waals surface area contributed by atoms with E-state index in [9.17, 15) is 13.2 Å². The number of nitrogens with zero attached hydrogens (tertiary/aromatic N) is 3. The second-order valence-corrected chi connectivity index (χ2v) is 7.63. The highest BCUT2D eigenvalue weighted by Gasteiger charge is 2.23. The maximum atomic E-state index is 12.6. The average molecular weight is 349 g/mol. The Morgan fingerprint density at radius 3 is 2.79 bits per heavy atom. The first-order chi connectivity index (χ1) is 11.3. The monoisotopic (exact) mass is 349 g/mol. The van der Waals surface area contributed by atoms with Crippen LogP contribution in [-0.4, -0.2) is 35.6 Å². The lowest BCUT2D eigenvalue weighted by molar-refractivity contribution is 0.0945. The Hall–Kier alpha value is -2.42. The van der Waals surface area contributed by atoms with Gasteiger partial charge in [0.25, 0.3) is 15.9 Å². The Kier molecular flexibility index (Phi) is 4.04. The number of anilines is 1. The smallest absolute Gasteiger partial charge is 0.265 e. The van der Waals surface area contributed by atoms with E-state index in [0.717, 1.165) is 0 Å². The fourth-order valence-electron chi connectivity index (χ4n) is 2.54. The Bertz CT molecular complexity index is 902. The number of amides is 1. The van der Waals surface area contributed by atoms with Crippen molar-refractivity contribution in [1.82, 2.24) is 20.1 Å². The molecule has 0 saturated carbocycles. The van der Waals surface area contributed by atoms with Crippen molar-refractivity contribution in [3.05, 3.63) is 35.4 Å². The molecule has 9 heteroatoms. The van der Waals surface area contributed by atoms with Crippen molar-refractivity contribution in [1.29, 1.82) is 0 Å². The highest BCUT2D eigenvalue weighted by molar-refractivity contribution is 7.92. The molecule has 1 amide bonds. The first-order valence-electron chi connectivity index (χ1n) is 7.63. The van der Waals surface area contributed by atoms with E-state index in [1.807, 2.05) is 13.8 Å². The molecule has 0 bridgehead atoms. The molecule has 0 atom stereocenters. The molecule has 0 aliphatic carbocycles. The number of sulfonamides is 1. The molecule has 24 heavy (non-hydrogen) atoms. The van der Waals surface area contributed by atoms with Crippen LogP contribution in [0.2, 0.25) is 0 Å². The molecule has 1 aliphatic rings. The number of hydrogen-bond donors (Lipinski definition) is 2. The summed E-state index contributed by atoms with van der Waals surface area (Å²) in [5.74, 6) is -0.242. The molecule has 1 aliphatic heterocycles. The lowest BCUT2D eigenvalue weighted by Crippen LogP contribution is -2.32. The molecule has 3 rings (SSSR count). The minimum Gasteiger partial charge on any atom is -0.352 e. The summed E-state index contributed by atoms with van der Waals surface area (Å²) in [6.07, 6.45) is 3.56. The summed E-state index contributed by atoms with van der Waals surface area (Å²) in [5, 5.41) is 6.93. The average Bonchev–Trinajstić information content (AvgIpc) is 2.91. The van der Waals surface area contributed by atoms with Crippen molar-refractivity contribution in [2.24, 2.45) is 0 Å². The molecule has 2 aromatic rings. The summed E-state index contributed by atoms with van der Waals surface area (Å²) in [6, 6.07) is 1.57. The van der Waals surface area contributed by atoms with Gasteiger partial charge in [0, 0.05) is 25.2 Å². The Balaban J connectivity index is 1.93. The number of carbonyl (C=O) groups is 1. The number of rotatable bonds is 4. The van der Waals surface area contributed by atoms with Crippen LogP contribution >= 0.6 is 0 Å². The highest BCUT2D eigenvalue weighted by atomic mass is 32.2. The molecule has 8 nitrogen and oxygen atoms in total. The number of aryl methyl sites for hydroxylation is 1. The zero-order valence-corrected chi connectivity index (χ0v) is 14.5. The fraction of sp³-hybridized carbons (Fsp3) is 0.400. The van der Waals surface area contributed by atoms with Crippen molar-refractivity contribution in [3.63, 3.8) is 0 Å². The van der Waals surface area contributed by atoms with Gasteiger partial charge in [0.1, 0.15) is 4.90 Å². The lowest BCUT2D eigenvalue weighted by atomic mass is 10.1. The van der Waals surface area contributed by atoms with E-state index in [-0.39, 0.29) is 22.5 Å². The molecule has 128 valence electrons. The van der Waals surface area contributed by atoms with E-state index < -0.39 is 10.0 Å². The summed E-state index contributed by atoms with van der Waals surface area (Å²) in [4.78, 5) is 16.2. The van der Waals surface area contributed by atoms with Crippen LogP contribution in [0.1, 0.15) is 41.6 Å². The number of pyridine rings is 1. The molecule has 0 saturated heterocycles. The standard InChI is InChI=1S/C15H19N5O3S/c1-9(2)20-8-14(10(3)18-20)24(22,23)19-11-6-12-13(17-7-11)4-5-16-15(12)21/h6-9,19H,4-5H2,1-3H3,(H,16,21). The largest absolute Gasteiger partial charge is 0.352 e. The van der Waals surface area contributed by atoms with Crippen molar-refractivity contribution in [2.45, 2.75) is 38.1 Å². The predicted molar refractivity (Wildman–Crippen MR) is 88.4 cm³/mol. The predicted octanol–water partition coefficient (Wildman–Crippen LogP) is 1.25. The Morgan fingerprint density at radius 1 is 1.38 bits per heavy atom. The molecular formula is C15H19N5O3S. The zero-order valence-electron chi connectivity index (χ0n) is 13.7. The normalized spacial score (nSPS) is 14.4. The van der Waals surface area contributed by atoms with E-state index in [2.05, 4.69) is 20.1 Å². The van der Waals surface area contributed by atoms with Crippen LogP contribution in [-0.2, 0) is 16.4 Å². The first-order valence-corrected chi connectivity index (χ1v) is 9.12. The third kappa shape index (κ3) is 2.99. The van der Waals surface area contributed by atoms with Gasteiger partial charge in [0.05, 0.1) is 28.8 Å². The minimum absolute atomic E-state index is 0.0572. The topological polar surface area (TPSA) is 106 Å². The molecule has 2 N–H and O–H groups in total. The van der Waals surface area contributed by atoms with Gasteiger partial charge < -0.3 is 5.32 Å². The van der Waals surface area contributed by atoms with Gasteiger partial charge in [-0.1, -0.05) is 0 Å². The summed E-state index contributed by atoms with van der Waals surface area (Å²) in [5.41, 5.74) is 1.74.